The van der Waals surface area contributed by atoms with E-state index in [1.165, 1.54) is 25.7 Å². The maximum atomic E-state index is 6.08. The van der Waals surface area contributed by atoms with Gasteiger partial charge in [-0.2, -0.15) is 0 Å². The van der Waals surface area contributed by atoms with Gasteiger partial charge in [0, 0.05) is 18.6 Å². The van der Waals surface area contributed by atoms with Crippen LogP contribution < -0.4 is 11.1 Å². The van der Waals surface area contributed by atoms with Gasteiger partial charge in [-0.25, -0.2) is 0 Å². The van der Waals surface area contributed by atoms with Crippen molar-refractivity contribution in [2.24, 2.45) is 11.1 Å². The Kier molecular flexibility index (Phi) is 3.96. The first-order chi connectivity index (χ1) is 6.54. The first-order valence-electron chi connectivity index (χ1n) is 6.03. The molecule has 0 radical (unpaired) electrons. The predicted octanol–water partition coefficient (Wildman–Crippen LogP) is 2.28. The molecule has 3 N–H and O–H groups in total. The molecular weight excluding hydrogens is 172 g/mol. The van der Waals surface area contributed by atoms with Crippen LogP contribution in [0.2, 0.25) is 0 Å². The highest BCUT2D eigenvalue weighted by Gasteiger charge is 2.34. The second-order valence-electron chi connectivity index (χ2n) is 5.32. The zero-order valence-corrected chi connectivity index (χ0v) is 10.0. The normalized spacial score (nSPS) is 24.0. The summed E-state index contributed by atoms with van der Waals surface area (Å²) in [4.78, 5) is 0. The molecule has 1 rings (SSSR count). The second kappa shape index (κ2) is 4.63. The van der Waals surface area contributed by atoms with Gasteiger partial charge in [0.15, 0.2) is 0 Å². The number of nitrogens with one attached hydrogen (secondary N) is 1. The molecule has 1 saturated carbocycles. The number of nitrogens with two attached hydrogens (primary N) is 1. The molecule has 0 aromatic carbocycles. The minimum absolute atomic E-state index is 0.0291. The molecule has 2 nitrogen and oxygen atoms in total. The molecule has 1 atom stereocenters. The standard InChI is InChI=1S/C12H26N2/c1-4-11(3,13)9-14-10-12(5-2)7-6-8-12/h14H,4-10,13H2,1-3H3. The van der Waals surface area contributed by atoms with E-state index < -0.39 is 0 Å². The zero-order valence-electron chi connectivity index (χ0n) is 10.0. The minimum Gasteiger partial charge on any atom is -0.324 e. The van der Waals surface area contributed by atoms with Crippen LogP contribution in [0, 0.1) is 5.41 Å². The Morgan fingerprint density at radius 1 is 1.36 bits per heavy atom. The molecule has 0 aliphatic heterocycles. The average molecular weight is 198 g/mol. The lowest BCUT2D eigenvalue weighted by Crippen LogP contribution is -2.49. The Hall–Kier alpha value is -0.0800. The van der Waals surface area contributed by atoms with Crippen molar-refractivity contribution in [3.63, 3.8) is 0 Å². The van der Waals surface area contributed by atoms with Gasteiger partial charge in [-0.05, 0) is 38.0 Å². The summed E-state index contributed by atoms with van der Waals surface area (Å²) in [5.74, 6) is 0. The van der Waals surface area contributed by atoms with Gasteiger partial charge in [0.1, 0.15) is 0 Å². The molecule has 84 valence electrons. The van der Waals surface area contributed by atoms with E-state index in [9.17, 15) is 0 Å². The fraction of sp³-hybridized carbons (Fsp3) is 1.00. The molecule has 1 unspecified atom stereocenters. The van der Waals surface area contributed by atoms with Gasteiger partial charge < -0.3 is 11.1 Å². The lowest BCUT2D eigenvalue weighted by Gasteiger charge is -2.42. The molecule has 0 aromatic rings. The third kappa shape index (κ3) is 2.96. The molecule has 1 fully saturated rings. The molecule has 0 saturated heterocycles. The fourth-order valence-corrected chi connectivity index (χ4v) is 2.07. The second-order valence-corrected chi connectivity index (χ2v) is 5.32. The molecule has 0 heterocycles. The van der Waals surface area contributed by atoms with Gasteiger partial charge in [0.2, 0.25) is 0 Å². The maximum absolute atomic E-state index is 6.08. The molecule has 0 amide bonds. The molecule has 2 heteroatoms. The smallest absolute Gasteiger partial charge is 0.0249 e. The molecular formula is C12H26N2. The summed E-state index contributed by atoms with van der Waals surface area (Å²) in [7, 11) is 0. The van der Waals surface area contributed by atoms with E-state index in [1.807, 2.05) is 0 Å². The van der Waals surface area contributed by atoms with Crippen molar-refractivity contribution in [2.45, 2.75) is 58.4 Å². The third-order valence-electron chi connectivity index (χ3n) is 4.00. The van der Waals surface area contributed by atoms with Crippen molar-refractivity contribution in [1.29, 1.82) is 0 Å². The predicted molar refractivity (Wildman–Crippen MR) is 62.3 cm³/mol. The summed E-state index contributed by atoms with van der Waals surface area (Å²) < 4.78 is 0. The van der Waals surface area contributed by atoms with Crippen LogP contribution in [-0.4, -0.2) is 18.6 Å². The van der Waals surface area contributed by atoms with Crippen molar-refractivity contribution >= 4 is 0 Å². The van der Waals surface area contributed by atoms with Gasteiger partial charge in [-0.15, -0.1) is 0 Å². The van der Waals surface area contributed by atoms with E-state index in [4.69, 9.17) is 5.73 Å². The van der Waals surface area contributed by atoms with Gasteiger partial charge in [-0.1, -0.05) is 20.3 Å². The average Bonchev–Trinajstić information content (AvgIpc) is 2.10. The van der Waals surface area contributed by atoms with Crippen LogP contribution in [0.15, 0.2) is 0 Å². The summed E-state index contributed by atoms with van der Waals surface area (Å²) in [6, 6.07) is 0. The molecule has 14 heavy (non-hydrogen) atoms. The van der Waals surface area contributed by atoms with Crippen LogP contribution in [0.1, 0.15) is 52.9 Å². The fourth-order valence-electron chi connectivity index (χ4n) is 2.07. The Labute approximate surface area is 88.6 Å². The van der Waals surface area contributed by atoms with E-state index >= 15 is 0 Å². The highest BCUT2D eigenvalue weighted by atomic mass is 14.9. The van der Waals surface area contributed by atoms with Crippen molar-refractivity contribution in [1.82, 2.24) is 5.32 Å². The van der Waals surface area contributed by atoms with E-state index in [1.54, 1.807) is 0 Å². The SMILES string of the molecule is CCC(C)(N)CNCC1(CC)CCC1. The molecule has 1 aliphatic carbocycles. The van der Waals surface area contributed by atoms with Crippen LogP contribution in [0.4, 0.5) is 0 Å². The summed E-state index contributed by atoms with van der Waals surface area (Å²) >= 11 is 0. The van der Waals surface area contributed by atoms with E-state index in [0.29, 0.717) is 5.41 Å². The van der Waals surface area contributed by atoms with Crippen LogP contribution in [0.25, 0.3) is 0 Å². The largest absolute Gasteiger partial charge is 0.324 e. The zero-order chi connectivity index (χ0) is 10.7. The molecule has 0 bridgehead atoms. The summed E-state index contributed by atoms with van der Waals surface area (Å²) in [5, 5.41) is 3.55. The van der Waals surface area contributed by atoms with Gasteiger partial charge in [-0.3, -0.25) is 0 Å². The van der Waals surface area contributed by atoms with E-state index in [2.05, 4.69) is 26.1 Å². The minimum atomic E-state index is -0.0291. The molecule has 1 aliphatic rings. The first kappa shape index (κ1) is 12.0. The topological polar surface area (TPSA) is 38.0 Å². The van der Waals surface area contributed by atoms with Crippen molar-refractivity contribution in [2.75, 3.05) is 13.1 Å². The molecule has 0 spiro atoms. The first-order valence-corrected chi connectivity index (χ1v) is 6.03. The van der Waals surface area contributed by atoms with Gasteiger partial charge in [0.25, 0.3) is 0 Å². The van der Waals surface area contributed by atoms with Gasteiger partial charge >= 0.3 is 0 Å². The Bertz CT molecular complexity index is 166. The van der Waals surface area contributed by atoms with Crippen LogP contribution in [-0.2, 0) is 0 Å². The third-order valence-corrected chi connectivity index (χ3v) is 4.00. The van der Waals surface area contributed by atoms with Gasteiger partial charge in [0.05, 0.1) is 0 Å². The van der Waals surface area contributed by atoms with Crippen LogP contribution in [0.3, 0.4) is 0 Å². The quantitative estimate of drug-likeness (QED) is 0.687. The highest BCUT2D eigenvalue weighted by molar-refractivity contribution is 4.90. The monoisotopic (exact) mass is 198 g/mol. The Morgan fingerprint density at radius 2 is 2.00 bits per heavy atom. The van der Waals surface area contributed by atoms with E-state index in [0.717, 1.165) is 19.5 Å². The highest BCUT2D eigenvalue weighted by Crippen LogP contribution is 2.43. The van der Waals surface area contributed by atoms with Crippen molar-refractivity contribution in [3.8, 4) is 0 Å². The lowest BCUT2D eigenvalue weighted by atomic mass is 9.67. The van der Waals surface area contributed by atoms with E-state index in [-0.39, 0.29) is 5.54 Å². The lowest BCUT2D eigenvalue weighted by molar-refractivity contribution is 0.121. The number of rotatable bonds is 6. The summed E-state index contributed by atoms with van der Waals surface area (Å²) in [6.07, 6.45) is 6.59. The van der Waals surface area contributed by atoms with Crippen LogP contribution in [0.5, 0.6) is 0 Å². The summed E-state index contributed by atoms with van der Waals surface area (Å²) in [5.41, 5.74) is 6.67. The Morgan fingerprint density at radius 3 is 2.36 bits per heavy atom. The molecule has 0 aromatic heterocycles. The van der Waals surface area contributed by atoms with Crippen LogP contribution >= 0.6 is 0 Å². The number of hydrogen-bond donors (Lipinski definition) is 2. The number of hydrogen-bond acceptors (Lipinski definition) is 2. The summed E-state index contributed by atoms with van der Waals surface area (Å²) in [6.45, 7) is 8.70. The van der Waals surface area contributed by atoms with Crippen molar-refractivity contribution in [3.05, 3.63) is 0 Å². The Balaban J connectivity index is 2.20. The maximum Gasteiger partial charge on any atom is 0.0249 e. The van der Waals surface area contributed by atoms with Crippen molar-refractivity contribution < 1.29 is 0 Å².